The smallest absolute Gasteiger partial charge is 0.250 e. The average molecular weight is 295 g/mol. The molecule has 1 aromatic carbocycles. The summed E-state index contributed by atoms with van der Waals surface area (Å²) in [6.45, 7) is 5.91. The number of halogens is 1. The van der Waals surface area contributed by atoms with Crippen molar-refractivity contribution in [3.8, 4) is 11.8 Å². The van der Waals surface area contributed by atoms with Crippen molar-refractivity contribution >= 4 is 23.2 Å². The normalized spacial score (nSPS) is 10.7. The zero-order chi connectivity index (χ0) is 15.2. The lowest BCUT2D eigenvalue weighted by molar-refractivity contribution is -0.125. The molecule has 0 bridgehead atoms. The molecule has 5 heteroatoms. The van der Waals surface area contributed by atoms with E-state index in [9.17, 15) is 4.79 Å². The average Bonchev–Trinajstić information content (AvgIpc) is 2.36. The number of nitrogens with one attached hydrogen (secondary N) is 1. The van der Waals surface area contributed by atoms with Gasteiger partial charge in [-0.05, 0) is 39.0 Å². The quantitative estimate of drug-likeness (QED) is 0.842. The van der Waals surface area contributed by atoms with Gasteiger partial charge in [0.15, 0.2) is 0 Å². The summed E-state index contributed by atoms with van der Waals surface area (Å²) in [5.41, 5.74) is 6.21. The van der Waals surface area contributed by atoms with Gasteiger partial charge in [-0.15, -0.1) is 0 Å². The first-order valence-electron chi connectivity index (χ1n) is 6.24. The van der Waals surface area contributed by atoms with Crippen LogP contribution in [0.2, 0.25) is 5.02 Å². The van der Waals surface area contributed by atoms with E-state index < -0.39 is 0 Å². The number of ether oxygens (including phenoxy) is 1. The van der Waals surface area contributed by atoms with Crippen molar-refractivity contribution in [3.63, 3.8) is 0 Å². The zero-order valence-electron chi connectivity index (χ0n) is 11.9. The van der Waals surface area contributed by atoms with Crippen molar-refractivity contribution in [1.82, 2.24) is 0 Å². The Morgan fingerprint density at radius 1 is 1.45 bits per heavy atom. The van der Waals surface area contributed by atoms with E-state index in [1.165, 1.54) is 0 Å². The highest BCUT2D eigenvalue weighted by atomic mass is 35.5. The molecule has 0 saturated heterocycles. The van der Waals surface area contributed by atoms with Gasteiger partial charge in [-0.25, -0.2) is 0 Å². The van der Waals surface area contributed by atoms with Crippen molar-refractivity contribution in [3.05, 3.63) is 28.8 Å². The van der Waals surface area contributed by atoms with Crippen LogP contribution in [0.25, 0.3) is 0 Å². The lowest BCUT2D eigenvalue weighted by Crippen LogP contribution is -2.27. The summed E-state index contributed by atoms with van der Waals surface area (Å²) in [6, 6.07) is 5.16. The van der Waals surface area contributed by atoms with E-state index in [1.807, 2.05) is 20.8 Å². The highest BCUT2D eigenvalue weighted by molar-refractivity contribution is 6.33. The van der Waals surface area contributed by atoms with E-state index in [1.54, 1.807) is 18.2 Å². The summed E-state index contributed by atoms with van der Waals surface area (Å²) in [4.78, 5) is 11.8. The van der Waals surface area contributed by atoms with Gasteiger partial charge in [-0.2, -0.15) is 0 Å². The van der Waals surface area contributed by atoms with Gasteiger partial charge in [0, 0.05) is 5.56 Å². The van der Waals surface area contributed by atoms with E-state index in [2.05, 4.69) is 17.2 Å². The van der Waals surface area contributed by atoms with Gasteiger partial charge in [-0.3, -0.25) is 4.79 Å². The minimum atomic E-state index is -0.365. The maximum atomic E-state index is 11.8. The van der Waals surface area contributed by atoms with E-state index in [-0.39, 0.29) is 24.7 Å². The molecule has 108 valence electrons. The number of carbonyl (C=O) groups is 1. The van der Waals surface area contributed by atoms with Crippen LogP contribution in [-0.4, -0.2) is 24.7 Å². The molecule has 1 amide bonds. The predicted molar refractivity (Wildman–Crippen MR) is 81.7 cm³/mol. The van der Waals surface area contributed by atoms with E-state index >= 15 is 0 Å². The number of rotatable bonds is 3. The molecule has 0 atom stereocenters. The summed E-state index contributed by atoms with van der Waals surface area (Å²) in [7, 11) is 0. The van der Waals surface area contributed by atoms with Gasteiger partial charge < -0.3 is 15.8 Å². The van der Waals surface area contributed by atoms with Crippen molar-refractivity contribution in [2.24, 2.45) is 5.73 Å². The highest BCUT2D eigenvalue weighted by Crippen LogP contribution is 2.22. The number of hydrogen-bond acceptors (Lipinski definition) is 3. The Hall–Kier alpha value is -1.54. The van der Waals surface area contributed by atoms with Gasteiger partial charge in [0.1, 0.15) is 6.61 Å². The third kappa shape index (κ3) is 6.07. The molecular weight excluding hydrogens is 276 g/mol. The van der Waals surface area contributed by atoms with Crippen molar-refractivity contribution < 1.29 is 9.53 Å². The largest absolute Gasteiger partial charge is 0.366 e. The lowest BCUT2D eigenvalue weighted by Gasteiger charge is -2.19. The number of carbonyl (C=O) groups excluding carboxylic acids is 1. The monoisotopic (exact) mass is 294 g/mol. The SMILES string of the molecule is CC(C)(C)OCC(=O)Nc1cc(C#CCN)ccc1Cl. The van der Waals surface area contributed by atoms with Gasteiger partial charge in [-0.1, -0.05) is 23.4 Å². The zero-order valence-corrected chi connectivity index (χ0v) is 12.7. The van der Waals surface area contributed by atoms with E-state index in [0.717, 1.165) is 5.56 Å². The standard InChI is InChI=1S/C15H19ClN2O2/c1-15(2,3)20-10-14(19)18-13-9-11(5-4-8-17)6-7-12(13)16/h6-7,9H,8,10,17H2,1-3H3,(H,18,19). The topological polar surface area (TPSA) is 64.3 Å². The van der Waals surface area contributed by atoms with Crippen LogP contribution in [0, 0.1) is 11.8 Å². The Bertz CT molecular complexity index is 539. The summed E-state index contributed by atoms with van der Waals surface area (Å²) >= 11 is 6.04. The maximum Gasteiger partial charge on any atom is 0.250 e. The first kappa shape index (κ1) is 16.5. The van der Waals surface area contributed by atoms with Crippen molar-refractivity contribution in [2.45, 2.75) is 26.4 Å². The van der Waals surface area contributed by atoms with Crippen LogP contribution in [0.1, 0.15) is 26.3 Å². The second-order valence-corrected chi connectivity index (χ2v) is 5.56. The molecule has 0 saturated carbocycles. The fraction of sp³-hybridized carbons (Fsp3) is 0.400. The number of anilines is 1. The van der Waals surface area contributed by atoms with Crippen LogP contribution in [0.4, 0.5) is 5.69 Å². The highest BCUT2D eigenvalue weighted by Gasteiger charge is 2.13. The number of nitrogens with two attached hydrogens (primary N) is 1. The second-order valence-electron chi connectivity index (χ2n) is 5.15. The summed E-state index contributed by atoms with van der Waals surface area (Å²) < 4.78 is 5.40. The third-order valence-electron chi connectivity index (χ3n) is 2.21. The first-order chi connectivity index (χ1) is 9.31. The van der Waals surface area contributed by atoms with Crippen molar-refractivity contribution in [2.75, 3.05) is 18.5 Å². The minimum Gasteiger partial charge on any atom is -0.366 e. The third-order valence-corrected chi connectivity index (χ3v) is 2.54. The lowest BCUT2D eigenvalue weighted by atomic mass is 10.2. The summed E-state index contributed by atoms with van der Waals surface area (Å²) in [6.07, 6.45) is 0. The van der Waals surface area contributed by atoms with Crippen molar-refractivity contribution in [1.29, 1.82) is 0 Å². The minimum absolute atomic E-state index is 0.0292. The van der Waals surface area contributed by atoms with Gasteiger partial charge in [0.2, 0.25) is 5.91 Å². The molecule has 0 fully saturated rings. The second kappa shape index (κ2) is 7.30. The van der Waals surface area contributed by atoms with Crippen LogP contribution < -0.4 is 11.1 Å². The molecule has 0 aromatic heterocycles. The molecule has 0 aliphatic carbocycles. The summed E-state index contributed by atoms with van der Waals surface area (Å²) in [5, 5.41) is 3.16. The Balaban J connectivity index is 2.73. The van der Waals surface area contributed by atoms with Crippen LogP contribution in [0.3, 0.4) is 0 Å². The Kier molecular flexibility index (Phi) is 6.03. The number of hydrogen-bond donors (Lipinski definition) is 2. The molecule has 1 aromatic rings. The van der Waals surface area contributed by atoms with E-state index in [4.69, 9.17) is 22.1 Å². The fourth-order valence-electron chi connectivity index (χ4n) is 1.32. The van der Waals surface area contributed by atoms with Gasteiger partial charge >= 0.3 is 0 Å². The number of benzene rings is 1. The van der Waals surface area contributed by atoms with Gasteiger partial charge in [0.05, 0.1) is 22.9 Å². The Morgan fingerprint density at radius 3 is 2.75 bits per heavy atom. The van der Waals surface area contributed by atoms with Crippen LogP contribution in [0.5, 0.6) is 0 Å². The molecule has 3 N–H and O–H groups in total. The molecule has 0 aliphatic rings. The van der Waals surface area contributed by atoms with Gasteiger partial charge in [0.25, 0.3) is 0 Å². The molecule has 0 unspecified atom stereocenters. The molecule has 0 heterocycles. The van der Waals surface area contributed by atoms with Crippen LogP contribution in [0.15, 0.2) is 18.2 Å². The summed E-state index contributed by atoms with van der Waals surface area (Å²) in [5.74, 6) is 5.37. The molecular formula is C15H19ClN2O2. The molecule has 4 nitrogen and oxygen atoms in total. The Morgan fingerprint density at radius 2 is 2.15 bits per heavy atom. The van der Waals surface area contributed by atoms with Crippen LogP contribution in [-0.2, 0) is 9.53 Å². The Labute approximate surface area is 124 Å². The number of amides is 1. The molecule has 0 spiro atoms. The molecule has 20 heavy (non-hydrogen) atoms. The fourth-order valence-corrected chi connectivity index (χ4v) is 1.49. The maximum absolute atomic E-state index is 11.8. The molecule has 0 aliphatic heterocycles. The predicted octanol–water partition coefficient (Wildman–Crippen LogP) is 2.40. The first-order valence-corrected chi connectivity index (χ1v) is 6.62. The van der Waals surface area contributed by atoms with Crippen LogP contribution >= 0.6 is 11.6 Å². The molecule has 0 radical (unpaired) electrons. The van der Waals surface area contributed by atoms with E-state index in [0.29, 0.717) is 10.7 Å². The molecule has 1 rings (SSSR count).